The molecule has 1 aliphatic rings. The maximum absolute atomic E-state index is 13.9. The third kappa shape index (κ3) is 3.38. The second-order valence-corrected chi connectivity index (χ2v) is 4.81. The summed E-state index contributed by atoms with van der Waals surface area (Å²) in [6.45, 7) is 2.19. The van der Waals surface area contributed by atoms with Crippen LogP contribution in [0.3, 0.4) is 0 Å². The van der Waals surface area contributed by atoms with Gasteiger partial charge in [0.2, 0.25) is 5.91 Å². The SMILES string of the molecule is CCN1C(=O)C(Cl)C[C-]=C1c1c(F)cccc1Cl.[Y]. The number of carbonyl (C=O) groups is 1. The molecule has 0 N–H and O–H groups in total. The Labute approximate surface area is 146 Å². The third-order valence-corrected chi connectivity index (χ3v) is 3.42. The Morgan fingerprint density at radius 1 is 1.53 bits per heavy atom. The van der Waals surface area contributed by atoms with Crippen molar-refractivity contribution in [3.8, 4) is 0 Å². The van der Waals surface area contributed by atoms with Crippen LogP contribution in [0.4, 0.5) is 4.39 Å². The van der Waals surface area contributed by atoms with Gasteiger partial charge < -0.3 is 4.90 Å². The van der Waals surface area contributed by atoms with Crippen molar-refractivity contribution in [2.24, 2.45) is 0 Å². The first-order valence-electron chi connectivity index (χ1n) is 5.57. The van der Waals surface area contributed by atoms with E-state index in [0.29, 0.717) is 12.2 Å². The molecule has 0 saturated heterocycles. The predicted molar refractivity (Wildman–Crippen MR) is 69.7 cm³/mol. The third-order valence-electron chi connectivity index (χ3n) is 2.77. The first-order valence-corrected chi connectivity index (χ1v) is 6.38. The van der Waals surface area contributed by atoms with Gasteiger partial charge in [-0.15, -0.1) is 28.9 Å². The Morgan fingerprint density at radius 2 is 2.21 bits per heavy atom. The molecule has 2 rings (SSSR count). The van der Waals surface area contributed by atoms with E-state index in [1.165, 1.54) is 17.0 Å². The second-order valence-electron chi connectivity index (χ2n) is 3.88. The smallest absolute Gasteiger partial charge is 0.241 e. The van der Waals surface area contributed by atoms with E-state index in [2.05, 4.69) is 6.08 Å². The zero-order valence-corrected chi connectivity index (χ0v) is 14.6. The molecule has 0 aliphatic carbocycles. The number of amides is 1. The fourth-order valence-corrected chi connectivity index (χ4v) is 2.36. The monoisotopic (exact) mass is 375 g/mol. The van der Waals surface area contributed by atoms with Crippen molar-refractivity contribution >= 4 is 34.8 Å². The van der Waals surface area contributed by atoms with Crippen molar-refractivity contribution in [2.75, 3.05) is 6.54 Å². The normalized spacial score (nSPS) is 18.9. The molecule has 0 fully saturated rings. The molecule has 1 atom stereocenters. The van der Waals surface area contributed by atoms with Gasteiger partial charge in [0.1, 0.15) is 5.38 Å². The maximum atomic E-state index is 13.9. The summed E-state index contributed by atoms with van der Waals surface area (Å²) < 4.78 is 13.9. The van der Waals surface area contributed by atoms with Crippen molar-refractivity contribution < 1.29 is 41.9 Å². The van der Waals surface area contributed by atoms with Crippen LogP contribution in [0.15, 0.2) is 18.2 Å². The number of allylic oxidation sites excluding steroid dienone is 1. The molecule has 1 aliphatic heterocycles. The van der Waals surface area contributed by atoms with Crippen LogP contribution in [-0.4, -0.2) is 22.7 Å². The summed E-state index contributed by atoms with van der Waals surface area (Å²) in [5.41, 5.74) is 0.584. The zero-order valence-electron chi connectivity index (χ0n) is 10.3. The first kappa shape index (κ1) is 17.1. The van der Waals surface area contributed by atoms with Gasteiger partial charge in [-0.2, -0.15) is 0 Å². The van der Waals surface area contributed by atoms with Crippen molar-refractivity contribution in [1.82, 2.24) is 4.90 Å². The molecule has 99 valence electrons. The van der Waals surface area contributed by atoms with E-state index < -0.39 is 11.2 Å². The summed E-state index contributed by atoms with van der Waals surface area (Å²) in [6.07, 6.45) is 3.22. The van der Waals surface area contributed by atoms with Gasteiger partial charge in [0.05, 0.1) is 5.82 Å². The Bertz CT molecular complexity index is 501. The first-order chi connectivity index (χ1) is 8.56. The fourth-order valence-electron chi connectivity index (χ4n) is 1.91. The maximum Gasteiger partial charge on any atom is 0.241 e. The number of rotatable bonds is 2. The predicted octanol–water partition coefficient (Wildman–Crippen LogP) is 3.48. The molecule has 1 aromatic carbocycles. The standard InChI is InChI=1S/C13H11Cl2FNO.Y/c1-2-17-11(7-6-9(15)13(17)18)12-8(14)4-3-5-10(12)16;/h3-5,9H,2,6H2,1H3;/q-1;. The molecule has 0 spiro atoms. The topological polar surface area (TPSA) is 20.3 Å². The number of alkyl halides is 1. The van der Waals surface area contributed by atoms with E-state index in [4.69, 9.17) is 23.2 Å². The molecule has 1 amide bonds. The van der Waals surface area contributed by atoms with E-state index in [1.807, 2.05) is 0 Å². The van der Waals surface area contributed by atoms with Gasteiger partial charge in [0, 0.05) is 39.3 Å². The molecule has 1 radical (unpaired) electrons. The van der Waals surface area contributed by atoms with Crippen LogP contribution < -0.4 is 0 Å². The Morgan fingerprint density at radius 3 is 2.79 bits per heavy atom. The van der Waals surface area contributed by atoms with Crippen LogP contribution in [0.25, 0.3) is 5.70 Å². The number of hydrogen-bond acceptors (Lipinski definition) is 1. The largest absolute Gasteiger partial charge is 0.346 e. The Kier molecular flexibility index (Phi) is 6.45. The molecule has 2 nitrogen and oxygen atoms in total. The number of hydrogen-bond donors (Lipinski definition) is 0. The summed E-state index contributed by atoms with van der Waals surface area (Å²) in [5, 5.41) is -0.379. The quantitative estimate of drug-likeness (QED) is 0.572. The van der Waals surface area contributed by atoms with E-state index >= 15 is 0 Å². The van der Waals surface area contributed by atoms with Crippen LogP contribution in [-0.2, 0) is 37.5 Å². The second kappa shape index (κ2) is 7.17. The van der Waals surface area contributed by atoms with Crippen molar-refractivity contribution in [2.45, 2.75) is 18.7 Å². The Balaban J connectivity index is 0.00000180. The molecule has 19 heavy (non-hydrogen) atoms. The zero-order chi connectivity index (χ0) is 13.3. The van der Waals surface area contributed by atoms with Crippen LogP contribution in [0.1, 0.15) is 18.9 Å². The minimum atomic E-state index is -0.640. The van der Waals surface area contributed by atoms with E-state index in [-0.39, 0.29) is 55.6 Å². The van der Waals surface area contributed by atoms with E-state index in [0.717, 1.165) is 0 Å². The molecule has 0 aromatic heterocycles. The van der Waals surface area contributed by atoms with Crippen LogP contribution >= 0.6 is 23.2 Å². The summed E-state index contributed by atoms with van der Waals surface area (Å²) in [4.78, 5) is 13.3. The van der Waals surface area contributed by atoms with Gasteiger partial charge in [0.25, 0.3) is 0 Å². The summed E-state index contributed by atoms with van der Waals surface area (Å²) in [6, 6.07) is 4.41. The van der Waals surface area contributed by atoms with Gasteiger partial charge in [-0.05, 0) is 18.0 Å². The average Bonchev–Trinajstić information content (AvgIpc) is 2.33. The molecule has 1 unspecified atom stereocenters. The van der Waals surface area contributed by atoms with Gasteiger partial charge in [-0.3, -0.25) is 4.79 Å². The van der Waals surface area contributed by atoms with Gasteiger partial charge in [0.15, 0.2) is 0 Å². The number of carbonyl (C=O) groups excluding carboxylic acids is 1. The average molecular weight is 376 g/mol. The molecule has 1 heterocycles. The molecular weight excluding hydrogens is 365 g/mol. The Hall–Kier alpha value is 0.0439. The van der Waals surface area contributed by atoms with Crippen molar-refractivity contribution in [3.63, 3.8) is 0 Å². The summed E-state index contributed by atoms with van der Waals surface area (Å²) in [7, 11) is 0. The van der Waals surface area contributed by atoms with E-state index in [1.54, 1.807) is 13.0 Å². The minimum Gasteiger partial charge on any atom is -0.346 e. The number of nitrogens with zero attached hydrogens (tertiary/aromatic N) is 1. The van der Waals surface area contributed by atoms with Crippen LogP contribution in [0, 0.1) is 11.9 Å². The number of benzene rings is 1. The molecular formula is C13H11Cl2FNOY-. The van der Waals surface area contributed by atoms with Gasteiger partial charge >= 0.3 is 0 Å². The fraction of sp³-hybridized carbons (Fsp3) is 0.308. The van der Waals surface area contributed by atoms with Crippen molar-refractivity contribution in [1.29, 1.82) is 0 Å². The molecule has 0 saturated carbocycles. The molecule has 1 aromatic rings. The van der Waals surface area contributed by atoms with Crippen LogP contribution in [0.5, 0.6) is 0 Å². The van der Waals surface area contributed by atoms with Gasteiger partial charge in [-0.1, -0.05) is 24.1 Å². The van der Waals surface area contributed by atoms with Crippen molar-refractivity contribution in [3.05, 3.63) is 40.7 Å². The van der Waals surface area contributed by atoms with Crippen LogP contribution in [0.2, 0.25) is 5.02 Å². The molecule has 6 heteroatoms. The summed E-state index contributed by atoms with van der Waals surface area (Å²) >= 11 is 11.9. The van der Waals surface area contributed by atoms with E-state index in [9.17, 15) is 9.18 Å². The molecule has 0 bridgehead atoms. The number of halogens is 3. The summed E-state index contributed by atoms with van der Waals surface area (Å²) in [5.74, 6) is -0.712. The minimum absolute atomic E-state index is 0. The van der Waals surface area contributed by atoms with Gasteiger partial charge in [-0.25, -0.2) is 10.5 Å².